The van der Waals surface area contributed by atoms with Crippen molar-refractivity contribution in [1.29, 1.82) is 0 Å². The molecule has 0 aliphatic rings. The second-order valence-electron chi connectivity index (χ2n) is 5.30. The smallest absolute Gasteiger partial charge is 0.0913 e. The zero-order valence-electron chi connectivity index (χ0n) is 10.8. The molecular weight excluding hydrogens is 232 g/mol. The number of aliphatic hydroxyl groups excluding tert-OH is 1. The summed E-state index contributed by atoms with van der Waals surface area (Å²) in [5, 5.41) is 10.6. The Morgan fingerprint density at radius 1 is 1.35 bits per heavy atom. The minimum absolute atomic E-state index is 0.0310. The van der Waals surface area contributed by atoms with E-state index in [2.05, 4.69) is 11.8 Å². The van der Waals surface area contributed by atoms with Crippen molar-refractivity contribution in [3.8, 4) is 11.8 Å². The number of rotatable bonds is 2. The van der Waals surface area contributed by atoms with Crippen molar-refractivity contribution in [1.82, 2.24) is 0 Å². The highest BCUT2D eigenvalue weighted by molar-refractivity contribution is 6.31. The van der Waals surface area contributed by atoms with E-state index >= 15 is 0 Å². The summed E-state index contributed by atoms with van der Waals surface area (Å²) < 4.78 is 0. The molecule has 0 amide bonds. The normalized spacial score (nSPS) is 12.8. The van der Waals surface area contributed by atoms with E-state index in [0.717, 1.165) is 11.1 Å². The van der Waals surface area contributed by atoms with Gasteiger partial charge >= 0.3 is 0 Å². The first-order chi connectivity index (χ1) is 7.79. The van der Waals surface area contributed by atoms with Crippen molar-refractivity contribution < 1.29 is 5.11 Å². The molecular formula is C15H19ClO. The Kier molecular flexibility index (Phi) is 4.62. The lowest BCUT2D eigenvalue weighted by atomic mass is 9.97. The lowest BCUT2D eigenvalue weighted by Crippen LogP contribution is -2.01. The first-order valence-electron chi connectivity index (χ1n) is 5.74. The van der Waals surface area contributed by atoms with Gasteiger partial charge in [-0.25, -0.2) is 0 Å². The molecule has 1 atom stereocenters. The molecule has 0 aliphatic heterocycles. The van der Waals surface area contributed by atoms with E-state index in [-0.39, 0.29) is 5.41 Å². The molecule has 1 N–H and O–H groups in total. The van der Waals surface area contributed by atoms with Crippen molar-refractivity contribution in [3.05, 3.63) is 34.3 Å². The molecule has 1 rings (SSSR count). The Balaban J connectivity index is 2.76. The van der Waals surface area contributed by atoms with E-state index in [1.54, 1.807) is 0 Å². The van der Waals surface area contributed by atoms with Gasteiger partial charge in [-0.15, -0.1) is 0 Å². The summed E-state index contributed by atoms with van der Waals surface area (Å²) in [6.45, 7) is 8.11. The third-order valence-electron chi connectivity index (χ3n) is 2.27. The summed E-state index contributed by atoms with van der Waals surface area (Å²) >= 11 is 6.09. The van der Waals surface area contributed by atoms with Crippen LogP contribution in [0.5, 0.6) is 0 Å². The molecule has 0 fully saturated rings. The molecule has 1 nitrogen and oxygen atoms in total. The average molecular weight is 251 g/mol. The van der Waals surface area contributed by atoms with E-state index in [0.29, 0.717) is 11.4 Å². The number of halogens is 1. The number of hydrogen-bond donors (Lipinski definition) is 1. The zero-order valence-corrected chi connectivity index (χ0v) is 11.6. The molecule has 0 bridgehead atoms. The van der Waals surface area contributed by atoms with Crippen molar-refractivity contribution >= 4 is 11.6 Å². The van der Waals surface area contributed by atoms with Gasteiger partial charge < -0.3 is 5.11 Å². The van der Waals surface area contributed by atoms with Crippen molar-refractivity contribution in [3.63, 3.8) is 0 Å². The standard InChI is InChI=1S/C15H19ClO/c1-11-7-8-12(13(16)10-11)14(17)6-5-9-15(2,3)4/h7-8,10,14,17H,6H2,1-4H3. The predicted molar refractivity (Wildman–Crippen MR) is 73.0 cm³/mol. The second kappa shape index (κ2) is 5.58. The van der Waals surface area contributed by atoms with Crippen LogP contribution >= 0.6 is 11.6 Å². The summed E-state index contributed by atoms with van der Waals surface area (Å²) in [6, 6.07) is 5.67. The first-order valence-corrected chi connectivity index (χ1v) is 6.11. The number of hydrogen-bond acceptors (Lipinski definition) is 1. The number of aliphatic hydroxyl groups is 1. The summed E-state index contributed by atoms with van der Waals surface area (Å²) in [5.41, 5.74) is 1.81. The second-order valence-corrected chi connectivity index (χ2v) is 5.70. The van der Waals surface area contributed by atoms with E-state index in [9.17, 15) is 5.11 Å². The van der Waals surface area contributed by atoms with Crippen molar-refractivity contribution in [2.75, 3.05) is 0 Å². The van der Waals surface area contributed by atoms with Crippen LogP contribution in [0.25, 0.3) is 0 Å². The Hall–Kier alpha value is -0.970. The molecule has 0 aromatic heterocycles. The Bertz CT molecular complexity index is 446. The summed E-state index contributed by atoms with van der Waals surface area (Å²) in [7, 11) is 0. The maximum absolute atomic E-state index is 10.0. The van der Waals surface area contributed by atoms with Crippen LogP contribution in [0.2, 0.25) is 5.02 Å². The van der Waals surface area contributed by atoms with Gasteiger partial charge in [0.15, 0.2) is 0 Å². The lowest BCUT2D eigenvalue weighted by Gasteiger charge is -2.11. The van der Waals surface area contributed by atoms with Gasteiger partial charge in [0.25, 0.3) is 0 Å². The van der Waals surface area contributed by atoms with Crippen LogP contribution < -0.4 is 0 Å². The summed E-state index contributed by atoms with van der Waals surface area (Å²) in [6.07, 6.45) is -0.196. The Labute approximate surface area is 109 Å². The summed E-state index contributed by atoms with van der Waals surface area (Å²) in [5.74, 6) is 6.11. The monoisotopic (exact) mass is 250 g/mol. The first kappa shape index (κ1) is 14.1. The summed E-state index contributed by atoms with van der Waals surface area (Å²) in [4.78, 5) is 0. The molecule has 0 spiro atoms. The van der Waals surface area contributed by atoms with Crippen LogP contribution in [-0.2, 0) is 0 Å². The molecule has 0 aliphatic carbocycles. The highest BCUT2D eigenvalue weighted by atomic mass is 35.5. The SMILES string of the molecule is Cc1ccc(C(O)CC#CC(C)(C)C)c(Cl)c1. The van der Waals surface area contributed by atoms with Gasteiger partial charge in [-0.3, -0.25) is 0 Å². The van der Waals surface area contributed by atoms with E-state index in [4.69, 9.17) is 11.6 Å². The van der Waals surface area contributed by atoms with Crippen LogP contribution in [-0.4, -0.2) is 5.11 Å². The van der Waals surface area contributed by atoms with Crippen LogP contribution in [0.4, 0.5) is 0 Å². The number of aryl methyl sites for hydroxylation is 1. The molecule has 0 saturated heterocycles. The van der Waals surface area contributed by atoms with E-state index < -0.39 is 6.10 Å². The lowest BCUT2D eigenvalue weighted by molar-refractivity contribution is 0.184. The molecule has 0 radical (unpaired) electrons. The van der Waals surface area contributed by atoms with Gasteiger partial charge in [-0.1, -0.05) is 35.6 Å². The highest BCUT2D eigenvalue weighted by Crippen LogP contribution is 2.26. The maximum Gasteiger partial charge on any atom is 0.0913 e. The molecule has 0 saturated carbocycles. The average Bonchev–Trinajstić information content (AvgIpc) is 2.15. The van der Waals surface area contributed by atoms with Crippen LogP contribution in [0, 0.1) is 24.2 Å². The highest BCUT2D eigenvalue weighted by Gasteiger charge is 2.10. The van der Waals surface area contributed by atoms with Crippen LogP contribution in [0.1, 0.15) is 44.4 Å². The van der Waals surface area contributed by atoms with E-state index in [1.807, 2.05) is 45.9 Å². The maximum atomic E-state index is 10.0. The zero-order chi connectivity index (χ0) is 13.1. The van der Waals surface area contributed by atoms with Gasteiger partial charge in [0.1, 0.15) is 0 Å². The minimum atomic E-state index is -0.613. The largest absolute Gasteiger partial charge is 0.387 e. The fourth-order valence-electron chi connectivity index (χ4n) is 1.43. The van der Waals surface area contributed by atoms with Gasteiger partial charge in [0, 0.05) is 22.4 Å². The van der Waals surface area contributed by atoms with Crippen molar-refractivity contribution in [2.24, 2.45) is 5.41 Å². The molecule has 2 heteroatoms. The fraction of sp³-hybridized carbons (Fsp3) is 0.467. The fourth-order valence-corrected chi connectivity index (χ4v) is 1.79. The van der Waals surface area contributed by atoms with Crippen LogP contribution in [0.3, 0.4) is 0 Å². The molecule has 1 unspecified atom stereocenters. The molecule has 92 valence electrons. The van der Waals surface area contributed by atoms with Gasteiger partial charge in [-0.05, 0) is 39.3 Å². The van der Waals surface area contributed by atoms with Crippen molar-refractivity contribution in [2.45, 2.75) is 40.2 Å². The number of benzene rings is 1. The Morgan fingerprint density at radius 3 is 2.53 bits per heavy atom. The molecule has 17 heavy (non-hydrogen) atoms. The van der Waals surface area contributed by atoms with Gasteiger partial charge in [0.2, 0.25) is 0 Å². The predicted octanol–water partition coefficient (Wildman–Crippen LogP) is 4.12. The Morgan fingerprint density at radius 2 is 2.00 bits per heavy atom. The van der Waals surface area contributed by atoms with E-state index in [1.165, 1.54) is 0 Å². The topological polar surface area (TPSA) is 20.2 Å². The molecule has 1 aromatic rings. The molecule has 1 aromatic carbocycles. The molecule has 0 heterocycles. The van der Waals surface area contributed by atoms with Gasteiger partial charge in [0.05, 0.1) is 6.10 Å². The third-order valence-corrected chi connectivity index (χ3v) is 2.60. The van der Waals surface area contributed by atoms with Crippen LogP contribution in [0.15, 0.2) is 18.2 Å². The third kappa shape index (κ3) is 4.81. The minimum Gasteiger partial charge on any atom is -0.387 e. The quantitative estimate of drug-likeness (QED) is 0.783. The van der Waals surface area contributed by atoms with Gasteiger partial charge in [-0.2, -0.15) is 0 Å².